The highest BCUT2D eigenvalue weighted by Gasteiger charge is 2.20. The van der Waals surface area contributed by atoms with Gasteiger partial charge in [0.2, 0.25) is 0 Å². The van der Waals surface area contributed by atoms with Crippen molar-refractivity contribution in [3.63, 3.8) is 0 Å². The van der Waals surface area contributed by atoms with Crippen LogP contribution in [0, 0.1) is 0 Å². The fourth-order valence-corrected chi connectivity index (χ4v) is 3.76. The first-order valence-corrected chi connectivity index (χ1v) is 8.22. The lowest BCUT2D eigenvalue weighted by atomic mass is 10.0. The maximum absolute atomic E-state index is 12.7. The second-order valence-corrected chi connectivity index (χ2v) is 7.04. The van der Waals surface area contributed by atoms with Crippen LogP contribution in [0.2, 0.25) is 0 Å². The smallest absolute Gasteiger partial charge is 0.237 e. The van der Waals surface area contributed by atoms with E-state index in [1.807, 2.05) is 12.1 Å². The first-order chi connectivity index (χ1) is 10.0. The lowest BCUT2D eigenvalue weighted by Gasteiger charge is -2.09. The second kappa shape index (κ2) is 5.00. The van der Waals surface area contributed by atoms with Gasteiger partial charge in [0.1, 0.15) is 0 Å². The second-order valence-electron chi connectivity index (χ2n) is 5.22. The van der Waals surface area contributed by atoms with Gasteiger partial charge in [-0.25, -0.2) is 17.4 Å². The number of nitrogens with zero attached hydrogens (tertiary/aromatic N) is 2. The fraction of sp³-hybridized carbons (Fsp3) is 0.188. The lowest BCUT2D eigenvalue weighted by Crippen LogP contribution is -2.12. The molecule has 0 bridgehead atoms. The van der Waals surface area contributed by atoms with Gasteiger partial charge in [0, 0.05) is 17.8 Å². The van der Waals surface area contributed by atoms with Gasteiger partial charge in [-0.15, -0.1) is 0 Å². The number of aromatic nitrogens is 2. The van der Waals surface area contributed by atoms with Gasteiger partial charge in [0.25, 0.3) is 10.0 Å². The molecule has 108 valence electrons. The molecule has 0 N–H and O–H groups in total. The van der Waals surface area contributed by atoms with E-state index in [2.05, 4.69) is 18.8 Å². The Kier molecular flexibility index (Phi) is 3.29. The predicted molar refractivity (Wildman–Crippen MR) is 82.8 cm³/mol. The Bertz CT molecular complexity index is 881. The average Bonchev–Trinajstić information content (AvgIpc) is 2.92. The molecule has 1 aromatic carbocycles. The Morgan fingerprint density at radius 1 is 1.05 bits per heavy atom. The third-order valence-electron chi connectivity index (χ3n) is 3.51. The SMILES string of the molecule is CC(C)c1ccnc2c1ccn2S(=O)(=O)c1ccccc1. The molecule has 21 heavy (non-hydrogen) atoms. The van der Waals surface area contributed by atoms with Gasteiger partial charge >= 0.3 is 0 Å². The topological polar surface area (TPSA) is 52.0 Å². The van der Waals surface area contributed by atoms with Crippen molar-refractivity contribution < 1.29 is 8.42 Å². The first-order valence-electron chi connectivity index (χ1n) is 6.78. The zero-order valence-corrected chi connectivity index (χ0v) is 12.7. The Balaban J connectivity index is 2.25. The highest BCUT2D eigenvalue weighted by atomic mass is 32.2. The van der Waals surface area contributed by atoms with Crippen LogP contribution in [0.25, 0.3) is 11.0 Å². The van der Waals surface area contributed by atoms with Crippen molar-refractivity contribution in [3.05, 3.63) is 60.4 Å². The van der Waals surface area contributed by atoms with Gasteiger partial charge in [-0.3, -0.25) is 0 Å². The molecule has 0 aliphatic rings. The standard InChI is InChI=1S/C16H16N2O2S/c1-12(2)14-8-10-17-16-15(14)9-11-18(16)21(19,20)13-6-4-3-5-7-13/h3-12H,1-2H3. The molecule has 0 saturated carbocycles. The quantitative estimate of drug-likeness (QED) is 0.745. The van der Waals surface area contributed by atoms with E-state index in [4.69, 9.17) is 0 Å². The van der Waals surface area contributed by atoms with Crippen LogP contribution >= 0.6 is 0 Å². The Morgan fingerprint density at radius 3 is 2.43 bits per heavy atom. The first kappa shape index (κ1) is 13.8. The molecule has 0 saturated heterocycles. The zero-order chi connectivity index (χ0) is 15.0. The molecule has 0 unspecified atom stereocenters. The van der Waals surface area contributed by atoms with Crippen LogP contribution in [0.15, 0.2) is 59.8 Å². The van der Waals surface area contributed by atoms with Crippen molar-refractivity contribution in [2.75, 3.05) is 0 Å². The maximum atomic E-state index is 12.7. The highest BCUT2D eigenvalue weighted by molar-refractivity contribution is 7.90. The van der Waals surface area contributed by atoms with Crippen molar-refractivity contribution in [2.24, 2.45) is 0 Å². The molecule has 0 spiro atoms. The van der Waals surface area contributed by atoms with E-state index in [1.165, 1.54) is 3.97 Å². The van der Waals surface area contributed by atoms with Crippen LogP contribution in [0.4, 0.5) is 0 Å². The van der Waals surface area contributed by atoms with Crippen molar-refractivity contribution in [1.82, 2.24) is 8.96 Å². The summed E-state index contributed by atoms with van der Waals surface area (Å²) in [6.45, 7) is 4.16. The van der Waals surface area contributed by atoms with Gasteiger partial charge in [-0.1, -0.05) is 32.0 Å². The van der Waals surface area contributed by atoms with E-state index in [9.17, 15) is 8.42 Å². The molecule has 4 nitrogen and oxygen atoms in total. The molecule has 0 fully saturated rings. The van der Waals surface area contributed by atoms with E-state index in [0.29, 0.717) is 11.6 Å². The molecular weight excluding hydrogens is 284 g/mol. The average molecular weight is 300 g/mol. The minimum atomic E-state index is -3.61. The largest absolute Gasteiger partial charge is 0.269 e. The van der Waals surface area contributed by atoms with E-state index >= 15 is 0 Å². The molecule has 2 aromatic heterocycles. The van der Waals surface area contributed by atoms with Crippen LogP contribution in [0.5, 0.6) is 0 Å². The van der Waals surface area contributed by atoms with Crippen LogP contribution in [-0.4, -0.2) is 17.4 Å². The molecule has 5 heteroatoms. The molecule has 0 aliphatic heterocycles. The number of rotatable bonds is 3. The Labute approximate surface area is 124 Å². The molecule has 3 aromatic rings. The molecule has 0 radical (unpaired) electrons. The minimum Gasteiger partial charge on any atom is -0.237 e. The van der Waals surface area contributed by atoms with E-state index in [0.717, 1.165) is 10.9 Å². The summed E-state index contributed by atoms with van der Waals surface area (Å²) in [7, 11) is -3.61. The molecule has 3 rings (SSSR count). The van der Waals surface area contributed by atoms with Gasteiger partial charge in [0.05, 0.1) is 4.90 Å². The molecular formula is C16H16N2O2S. The normalized spacial score (nSPS) is 12.1. The van der Waals surface area contributed by atoms with E-state index in [1.54, 1.807) is 42.7 Å². The van der Waals surface area contributed by atoms with Gasteiger partial charge in [0.15, 0.2) is 5.65 Å². The molecule has 0 atom stereocenters. The summed E-state index contributed by atoms with van der Waals surface area (Å²) >= 11 is 0. The lowest BCUT2D eigenvalue weighted by molar-refractivity contribution is 0.589. The van der Waals surface area contributed by atoms with Crippen molar-refractivity contribution in [1.29, 1.82) is 0 Å². The number of fused-ring (bicyclic) bond motifs is 1. The van der Waals surface area contributed by atoms with Gasteiger partial charge in [-0.05, 0) is 35.7 Å². The summed E-state index contributed by atoms with van der Waals surface area (Å²) in [5.74, 6) is 0.311. The fourth-order valence-electron chi connectivity index (χ4n) is 2.44. The molecule has 2 heterocycles. The number of pyridine rings is 1. The monoisotopic (exact) mass is 300 g/mol. The van der Waals surface area contributed by atoms with Crippen LogP contribution in [0.1, 0.15) is 25.3 Å². The number of hydrogen-bond donors (Lipinski definition) is 0. The van der Waals surface area contributed by atoms with Crippen LogP contribution in [0.3, 0.4) is 0 Å². The maximum Gasteiger partial charge on any atom is 0.269 e. The number of benzene rings is 1. The van der Waals surface area contributed by atoms with Crippen LogP contribution < -0.4 is 0 Å². The summed E-state index contributed by atoms with van der Waals surface area (Å²) in [5.41, 5.74) is 1.58. The van der Waals surface area contributed by atoms with Gasteiger partial charge < -0.3 is 0 Å². The summed E-state index contributed by atoms with van der Waals surface area (Å²) in [5, 5.41) is 0.881. The van der Waals surface area contributed by atoms with Crippen molar-refractivity contribution in [3.8, 4) is 0 Å². The summed E-state index contributed by atoms with van der Waals surface area (Å²) < 4.78 is 26.7. The Morgan fingerprint density at radius 2 is 1.76 bits per heavy atom. The molecule has 0 amide bonds. The third-order valence-corrected chi connectivity index (χ3v) is 5.19. The van der Waals surface area contributed by atoms with Crippen molar-refractivity contribution >= 4 is 21.1 Å². The van der Waals surface area contributed by atoms with Crippen LogP contribution in [-0.2, 0) is 10.0 Å². The van der Waals surface area contributed by atoms with E-state index in [-0.39, 0.29) is 4.90 Å². The third kappa shape index (κ3) is 2.23. The van der Waals surface area contributed by atoms with Crippen molar-refractivity contribution in [2.45, 2.75) is 24.7 Å². The summed E-state index contributed by atoms with van der Waals surface area (Å²) in [4.78, 5) is 4.52. The molecule has 0 aliphatic carbocycles. The predicted octanol–water partition coefficient (Wildman–Crippen LogP) is 3.40. The highest BCUT2D eigenvalue weighted by Crippen LogP contribution is 2.27. The zero-order valence-electron chi connectivity index (χ0n) is 11.9. The minimum absolute atomic E-state index is 0.263. The Hall–Kier alpha value is -2.14. The van der Waals surface area contributed by atoms with Gasteiger partial charge in [-0.2, -0.15) is 0 Å². The summed E-state index contributed by atoms with van der Waals surface area (Å²) in [6, 6.07) is 12.2. The van der Waals surface area contributed by atoms with E-state index < -0.39 is 10.0 Å². The summed E-state index contributed by atoms with van der Waals surface area (Å²) in [6.07, 6.45) is 3.24. The number of hydrogen-bond acceptors (Lipinski definition) is 3.